The zero-order valence-electron chi connectivity index (χ0n) is 8.85. The fourth-order valence-electron chi connectivity index (χ4n) is 1.95. The molecular weight excluding hydrogens is 274 g/mol. The maximum Gasteiger partial charge on any atom is 0.417 e. The van der Waals surface area contributed by atoms with Gasteiger partial charge in [-0.3, -0.25) is 0 Å². The van der Waals surface area contributed by atoms with E-state index >= 15 is 0 Å². The van der Waals surface area contributed by atoms with Crippen LogP contribution in [0.15, 0.2) is 18.2 Å². The molecule has 1 atom stereocenters. The van der Waals surface area contributed by atoms with Crippen LogP contribution in [0.5, 0.6) is 0 Å². The topological polar surface area (TPSA) is 12.0 Å². The number of hydrogen-bond acceptors (Lipinski definition) is 1. The van der Waals surface area contributed by atoms with Gasteiger partial charge in [0.15, 0.2) is 0 Å². The van der Waals surface area contributed by atoms with Gasteiger partial charge in [-0.2, -0.15) is 13.2 Å². The van der Waals surface area contributed by atoms with Crippen molar-refractivity contribution in [2.75, 3.05) is 6.54 Å². The molecule has 0 aromatic heterocycles. The SMILES string of the molecule is Cl.FC(F)(F)c1cc([C@@H]2CCCN2)ccc1Cl. The molecule has 17 heavy (non-hydrogen) atoms. The number of alkyl halides is 3. The largest absolute Gasteiger partial charge is 0.417 e. The predicted octanol–water partition coefficient (Wildman–Crippen LogP) is 4.21. The van der Waals surface area contributed by atoms with E-state index in [4.69, 9.17) is 11.6 Å². The van der Waals surface area contributed by atoms with Gasteiger partial charge in [0.25, 0.3) is 0 Å². The van der Waals surface area contributed by atoms with E-state index in [-0.39, 0.29) is 23.5 Å². The van der Waals surface area contributed by atoms with Gasteiger partial charge in [0, 0.05) is 6.04 Å². The molecule has 1 aromatic rings. The summed E-state index contributed by atoms with van der Waals surface area (Å²) in [5.74, 6) is 0. The van der Waals surface area contributed by atoms with E-state index in [1.807, 2.05) is 0 Å². The van der Waals surface area contributed by atoms with Crippen molar-refractivity contribution in [3.8, 4) is 0 Å². The van der Waals surface area contributed by atoms with Crippen LogP contribution in [-0.4, -0.2) is 6.54 Å². The normalized spacial score (nSPS) is 20.1. The van der Waals surface area contributed by atoms with Crippen molar-refractivity contribution >= 4 is 24.0 Å². The Bertz CT molecular complexity index is 387. The summed E-state index contributed by atoms with van der Waals surface area (Å²) in [5.41, 5.74) is -0.0883. The van der Waals surface area contributed by atoms with E-state index in [0.29, 0.717) is 5.56 Å². The lowest BCUT2D eigenvalue weighted by molar-refractivity contribution is -0.137. The average Bonchev–Trinajstić information content (AvgIpc) is 2.69. The number of benzene rings is 1. The Hall–Kier alpha value is -0.450. The zero-order valence-corrected chi connectivity index (χ0v) is 10.4. The van der Waals surface area contributed by atoms with Crippen molar-refractivity contribution in [2.24, 2.45) is 0 Å². The summed E-state index contributed by atoms with van der Waals surface area (Å²) in [6.45, 7) is 0.856. The minimum absolute atomic E-state index is 0. The highest BCUT2D eigenvalue weighted by Crippen LogP contribution is 2.37. The lowest BCUT2D eigenvalue weighted by atomic mass is 10.0. The fraction of sp³-hybridized carbons (Fsp3) is 0.455. The Morgan fingerprint density at radius 3 is 2.53 bits per heavy atom. The predicted molar refractivity (Wildman–Crippen MR) is 63.7 cm³/mol. The van der Waals surface area contributed by atoms with Gasteiger partial charge in [0.2, 0.25) is 0 Å². The second-order valence-electron chi connectivity index (χ2n) is 3.89. The van der Waals surface area contributed by atoms with E-state index in [1.54, 1.807) is 6.07 Å². The van der Waals surface area contributed by atoms with Gasteiger partial charge in [-0.15, -0.1) is 12.4 Å². The van der Waals surface area contributed by atoms with Gasteiger partial charge in [-0.25, -0.2) is 0 Å². The lowest BCUT2D eigenvalue weighted by Gasteiger charge is -2.14. The van der Waals surface area contributed by atoms with Crippen LogP contribution in [0.25, 0.3) is 0 Å². The average molecular weight is 286 g/mol. The van der Waals surface area contributed by atoms with Gasteiger partial charge in [-0.1, -0.05) is 17.7 Å². The third-order valence-corrected chi connectivity index (χ3v) is 3.09. The summed E-state index contributed by atoms with van der Waals surface area (Å²) in [4.78, 5) is 0. The van der Waals surface area contributed by atoms with Crippen LogP contribution in [0.3, 0.4) is 0 Å². The highest BCUT2D eigenvalue weighted by molar-refractivity contribution is 6.31. The van der Waals surface area contributed by atoms with E-state index in [1.165, 1.54) is 6.07 Å². The zero-order chi connectivity index (χ0) is 11.8. The Kier molecular flexibility index (Phi) is 4.69. The van der Waals surface area contributed by atoms with Crippen LogP contribution in [0, 0.1) is 0 Å². The number of halogens is 5. The summed E-state index contributed by atoms with van der Waals surface area (Å²) < 4.78 is 37.8. The maximum atomic E-state index is 12.6. The molecule has 0 saturated carbocycles. The highest BCUT2D eigenvalue weighted by atomic mass is 35.5. The molecule has 2 rings (SSSR count). The van der Waals surface area contributed by atoms with Crippen molar-refractivity contribution in [3.05, 3.63) is 34.3 Å². The lowest BCUT2D eigenvalue weighted by Crippen LogP contribution is -2.14. The van der Waals surface area contributed by atoms with Crippen molar-refractivity contribution in [1.82, 2.24) is 5.32 Å². The van der Waals surface area contributed by atoms with Crippen LogP contribution < -0.4 is 5.32 Å². The minimum Gasteiger partial charge on any atom is -0.310 e. The molecule has 1 nitrogen and oxygen atoms in total. The van der Waals surface area contributed by atoms with Gasteiger partial charge in [0.05, 0.1) is 10.6 Å². The third-order valence-electron chi connectivity index (χ3n) is 2.76. The van der Waals surface area contributed by atoms with Crippen LogP contribution in [-0.2, 0) is 6.18 Å². The maximum absolute atomic E-state index is 12.6. The molecule has 1 heterocycles. The molecule has 0 spiro atoms. The summed E-state index contributed by atoms with van der Waals surface area (Å²) in [7, 11) is 0. The summed E-state index contributed by atoms with van der Waals surface area (Å²) in [5, 5.41) is 2.92. The molecule has 0 unspecified atom stereocenters. The quantitative estimate of drug-likeness (QED) is 0.815. The van der Waals surface area contributed by atoms with E-state index in [2.05, 4.69) is 5.32 Å². The Morgan fingerprint density at radius 2 is 2.00 bits per heavy atom. The van der Waals surface area contributed by atoms with E-state index in [9.17, 15) is 13.2 Å². The first-order valence-electron chi connectivity index (χ1n) is 5.08. The van der Waals surface area contributed by atoms with Crippen LogP contribution in [0.1, 0.15) is 30.0 Å². The van der Waals surface area contributed by atoms with Gasteiger partial charge in [0.1, 0.15) is 0 Å². The number of nitrogens with one attached hydrogen (secondary N) is 1. The molecule has 1 aliphatic rings. The molecule has 0 radical (unpaired) electrons. The molecular formula is C11H12Cl2F3N. The standard InChI is InChI=1S/C11H11ClF3N.ClH/c12-9-4-3-7(10-2-1-5-16-10)6-8(9)11(13,14)15;/h3-4,6,10,16H,1-2,5H2;1H/t10-;/m0./s1. The first kappa shape index (κ1) is 14.6. The van der Waals surface area contributed by atoms with Gasteiger partial charge >= 0.3 is 6.18 Å². The molecule has 96 valence electrons. The second-order valence-corrected chi connectivity index (χ2v) is 4.29. The Labute approximate surface area is 109 Å². The molecule has 1 N–H and O–H groups in total. The van der Waals surface area contributed by atoms with Gasteiger partial charge in [-0.05, 0) is 37.1 Å². The second kappa shape index (κ2) is 5.46. The van der Waals surface area contributed by atoms with Crippen molar-refractivity contribution in [2.45, 2.75) is 25.1 Å². The molecule has 0 amide bonds. The fourth-order valence-corrected chi connectivity index (χ4v) is 2.17. The number of hydrogen-bond donors (Lipinski definition) is 1. The molecule has 1 saturated heterocycles. The monoisotopic (exact) mass is 285 g/mol. The first-order valence-corrected chi connectivity index (χ1v) is 5.46. The summed E-state index contributed by atoms with van der Waals surface area (Å²) in [6.07, 6.45) is -2.51. The molecule has 1 aromatic carbocycles. The minimum atomic E-state index is -4.38. The van der Waals surface area contributed by atoms with E-state index in [0.717, 1.165) is 25.5 Å². The Balaban J connectivity index is 0.00000144. The van der Waals surface area contributed by atoms with Crippen molar-refractivity contribution < 1.29 is 13.2 Å². The molecule has 1 aliphatic heterocycles. The summed E-state index contributed by atoms with van der Waals surface area (Å²) >= 11 is 5.55. The Morgan fingerprint density at radius 1 is 1.29 bits per heavy atom. The van der Waals surface area contributed by atoms with Crippen molar-refractivity contribution in [3.63, 3.8) is 0 Å². The van der Waals surface area contributed by atoms with Crippen LogP contribution in [0.2, 0.25) is 5.02 Å². The van der Waals surface area contributed by atoms with Gasteiger partial charge < -0.3 is 5.32 Å². The smallest absolute Gasteiger partial charge is 0.310 e. The highest BCUT2D eigenvalue weighted by Gasteiger charge is 2.34. The summed E-state index contributed by atoms with van der Waals surface area (Å²) in [6, 6.07) is 4.14. The molecule has 6 heteroatoms. The first-order chi connectivity index (χ1) is 7.48. The number of rotatable bonds is 1. The molecule has 1 fully saturated rings. The van der Waals surface area contributed by atoms with Crippen LogP contribution in [0.4, 0.5) is 13.2 Å². The van der Waals surface area contributed by atoms with Crippen molar-refractivity contribution in [1.29, 1.82) is 0 Å². The third kappa shape index (κ3) is 3.27. The van der Waals surface area contributed by atoms with Crippen LogP contribution >= 0.6 is 24.0 Å². The van der Waals surface area contributed by atoms with E-state index < -0.39 is 11.7 Å². The molecule has 0 aliphatic carbocycles. The molecule has 0 bridgehead atoms.